The van der Waals surface area contributed by atoms with E-state index >= 15 is 0 Å². The SMILES string of the molecule is CN(C)S(=O)(=O)c1ccc(NCC2CCCC2CN)nc1. The van der Waals surface area contributed by atoms with Gasteiger partial charge in [0.05, 0.1) is 0 Å². The van der Waals surface area contributed by atoms with Crippen molar-refractivity contribution < 1.29 is 8.42 Å². The van der Waals surface area contributed by atoms with Gasteiger partial charge in [0.2, 0.25) is 10.0 Å². The normalized spacial score (nSPS) is 22.7. The smallest absolute Gasteiger partial charge is 0.244 e. The highest BCUT2D eigenvalue weighted by molar-refractivity contribution is 7.89. The van der Waals surface area contributed by atoms with Crippen LogP contribution in [0.3, 0.4) is 0 Å². The first-order chi connectivity index (χ1) is 9.95. The Bertz CT molecular complexity index is 557. The molecule has 2 unspecified atom stereocenters. The Morgan fingerprint density at radius 1 is 1.33 bits per heavy atom. The highest BCUT2D eigenvalue weighted by Gasteiger charge is 2.25. The van der Waals surface area contributed by atoms with Gasteiger partial charge in [0, 0.05) is 26.8 Å². The zero-order valence-electron chi connectivity index (χ0n) is 12.6. The number of aromatic nitrogens is 1. The molecular weight excluding hydrogens is 288 g/mol. The molecule has 1 aromatic heterocycles. The topological polar surface area (TPSA) is 88.3 Å². The molecule has 0 spiro atoms. The summed E-state index contributed by atoms with van der Waals surface area (Å²) in [6.45, 7) is 1.58. The van der Waals surface area contributed by atoms with Gasteiger partial charge in [0.25, 0.3) is 0 Å². The summed E-state index contributed by atoms with van der Waals surface area (Å²) in [5, 5.41) is 3.28. The maximum atomic E-state index is 11.9. The summed E-state index contributed by atoms with van der Waals surface area (Å²) >= 11 is 0. The van der Waals surface area contributed by atoms with Gasteiger partial charge in [0.1, 0.15) is 10.7 Å². The molecule has 1 aliphatic carbocycles. The van der Waals surface area contributed by atoms with Gasteiger partial charge in [-0.3, -0.25) is 0 Å². The Hall–Kier alpha value is -1.18. The van der Waals surface area contributed by atoms with Crippen molar-refractivity contribution in [2.24, 2.45) is 17.6 Å². The lowest BCUT2D eigenvalue weighted by Gasteiger charge is -2.18. The molecule has 118 valence electrons. The fraction of sp³-hybridized carbons (Fsp3) is 0.643. The number of rotatable bonds is 6. The van der Waals surface area contributed by atoms with Crippen LogP contribution in [0.25, 0.3) is 0 Å². The lowest BCUT2D eigenvalue weighted by molar-refractivity contribution is 0.414. The summed E-state index contributed by atoms with van der Waals surface area (Å²) in [6, 6.07) is 3.29. The van der Waals surface area contributed by atoms with Crippen molar-refractivity contribution in [1.82, 2.24) is 9.29 Å². The minimum Gasteiger partial charge on any atom is -0.370 e. The van der Waals surface area contributed by atoms with E-state index in [0.29, 0.717) is 17.7 Å². The fourth-order valence-electron chi connectivity index (χ4n) is 2.78. The summed E-state index contributed by atoms with van der Waals surface area (Å²) in [4.78, 5) is 4.40. The van der Waals surface area contributed by atoms with E-state index in [1.807, 2.05) is 0 Å². The molecule has 7 heteroatoms. The molecule has 6 nitrogen and oxygen atoms in total. The lowest BCUT2D eigenvalue weighted by atomic mass is 9.96. The van der Waals surface area contributed by atoms with Crippen molar-refractivity contribution in [2.75, 3.05) is 32.5 Å². The first kappa shape index (κ1) is 16.2. The van der Waals surface area contributed by atoms with Crippen LogP contribution in [0.1, 0.15) is 19.3 Å². The molecule has 3 N–H and O–H groups in total. The Kier molecular flexibility index (Phi) is 5.18. The molecule has 1 heterocycles. The Balaban J connectivity index is 1.97. The van der Waals surface area contributed by atoms with Crippen molar-refractivity contribution in [3.8, 4) is 0 Å². The zero-order chi connectivity index (χ0) is 15.5. The standard InChI is InChI=1S/C14H24N4O2S/c1-18(2)21(19,20)13-6-7-14(17-10-13)16-9-12-5-3-4-11(12)8-15/h6-7,10-12H,3-5,8-9,15H2,1-2H3,(H,16,17). The second kappa shape index (κ2) is 6.72. The minimum atomic E-state index is -3.41. The molecule has 0 bridgehead atoms. The van der Waals surface area contributed by atoms with Crippen LogP contribution in [0, 0.1) is 11.8 Å². The van der Waals surface area contributed by atoms with Crippen LogP contribution in [-0.2, 0) is 10.0 Å². The van der Waals surface area contributed by atoms with E-state index in [1.165, 1.54) is 43.9 Å². The van der Waals surface area contributed by atoms with Crippen LogP contribution in [0.5, 0.6) is 0 Å². The Labute approximate surface area is 126 Å². The average molecular weight is 312 g/mol. The molecule has 0 saturated heterocycles. The van der Waals surface area contributed by atoms with E-state index in [0.717, 1.165) is 13.1 Å². The van der Waals surface area contributed by atoms with E-state index in [2.05, 4.69) is 10.3 Å². The second-order valence-corrected chi connectivity index (χ2v) is 7.89. The number of pyridine rings is 1. The molecule has 0 aliphatic heterocycles. The fourth-order valence-corrected chi connectivity index (χ4v) is 3.62. The summed E-state index contributed by atoms with van der Waals surface area (Å²) in [5.74, 6) is 1.88. The van der Waals surface area contributed by atoms with Gasteiger partial charge < -0.3 is 11.1 Å². The zero-order valence-corrected chi connectivity index (χ0v) is 13.4. The molecule has 2 rings (SSSR count). The van der Waals surface area contributed by atoms with Gasteiger partial charge in [-0.15, -0.1) is 0 Å². The van der Waals surface area contributed by atoms with E-state index in [9.17, 15) is 8.42 Å². The molecule has 1 saturated carbocycles. The molecule has 0 amide bonds. The van der Waals surface area contributed by atoms with Crippen molar-refractivity contribution in [2.45, 2.75) is 24.2 Å². The quantitative estimate of drug-likeness (QED) is 0.822. The largest absolute Gasteiger partial charge is 0.370 e. The molecule has 1 aromatic rings. The number of nitrogens with zero attached hydrogens (tertiary/aromatic N) is 2. The number of sulfonamides is 1. The third-order valence-corrected chi connectivity index (χ3v) is 5.98. The maximum absolute atomic E-state index is 11.9. The number of anilines is 1. The molecular formula is C14H24N4O2S. The van der Waals surface area contributed by atoms with Gasteiger partial charge in [0.15, 0.2) is 0 Å². The predicted molar refractivity (Wildman–Crippen MR) is 83.5 cm³/mol. The van der Waals surface area contributed by atoms with Crippen LogP contribution in [0.4, 0.5) is 5.82 Å². The molecule has 1 fully saturated rings. The second-order valence-electron chi connectivity index (χ2n) is 5.73. The number of nitrogens with one attached hydrogen (secondary N) is 1. The van der Waals surface area contributed by atoms with Gasteiger partial charge in [-0.05, 0) is 43.4 Å². The third-order valence-electron chi connectivity index (χ3n) is 4.18. The monoisotopic (exact) mass is 312 g/mol. The van der Waals surface area contributed by atoms with E-state index < -0.39 is 10.0 Å². The maximum Gasteiger partial charge on any atom is 0.244 e. The highest BCUT2D eigenvalue weighted by Crippen LogP contribution is 2.30. The van der Waals surface area contributed by atoms with Gasteiger partial charge in [-0.25, -0.2) is 17.7 Å². The van der Waals surface area contributed by atoms with Gasteiger partial charge in [-0.1, -0.05) is 6.42 Å². The molecule has 21 heavy (non-hydrogen) atoms. The Morgan fingerprint density at radius 3 is 2.62 bits per heavy atom. The van der Waals surface area contributed by atoms with Crippen molar-refractivity contribution in [3.63, 3.8) is 0 Å². The molecule has 1 aliphatic rings. The summed E-state index contributed by atoms with van der Waals surface area (Å²) in [6.07, 6.45) is 5.03. The van der Waals surface area contributed by atoms with Crippen LogP contribution in [0.2, 0.25) is 0 Å². The number of hydrogen-bond donors (Lipinski definition) is 2. The van der Waals surface area contributed by atoms with Crippen LogP contribution < -0.4 is 11.1 Å². The minimum absolute atomic E-state index is 0.207. The highest BCUT2D eigenvalue weighted by atomic mass is 32.2. The van der Waals surface area contributed by atoms with Crippen molar-refractivity contribution in [3.05, 3.63) is 18.3 Å². The summed E-state index contributed by atoms with van der Waals surface area (Å²) in [5.41, 5.74) is 5.77. The van der Waals surface area contributed by atoms with Crippen molar-refractivity contribution >= 4 is 15.8 Å². The molecule has 0 radical (unpaired) electrons. The van der Waals surface area contributed by atoms with Gasteiger partial charge >= 0.3 is 0 Å². The number of hydrogen-bond acceptors (Lipinski definition) is 5. The average Bonchev–Trinajstić information content (AvgIpc) is 2.92. The summed E-state index contributed by atoms with van der Waals surface area (Å²) < 4.78 is 25.1. The third kappa shape index (κ3) is 3.72. The molecule has 2 atom stereocenters. The van der Waals surface area contributed by atoms with E-state index in [4.69, 9.17) is 5.73 Å². The Morgan fingerprint density at radius 2 is 2.05 bits per heavy atom. The van der Waals surface area contributed by atoms with Gasteiger partial charge in [-0.2, -0.15) is 0 Å². The van der Waals surface area contributed by atoms with Crippen LogP contribution >= 0.6 is 0 Å². The lowest BCUT2D eigenvalue weighted by Crippen LogP contribution is -2.25. The van der Waals surface area contributed by atoms with Crippen LogP contribution in [0.15, 0.2) is 23.2 Å². The predicted octanol–water partition coefficient (Wildman–Crippen LogP) is 1.12. The number of nitrogens with two attached hydrogens (primary N) is 1. The van der Waals surface area contributed by atoms with Crippen LogP contribution in [-0.4, -0.2) is 44.9 Å². The summed E-state index contributed by atoms with van der Waals surface area (Å²) in [7, 11) is -0.393. The first-order valence-electron chi connectivity index (χ1n) is 7.27. The van der Waals surface area contributed by atoms with E-state index in [1.54, 1.807) is 12.1 Å². The molecule has 0 aromatic carbocycles. The van der Waals surface area contributed by atoms with E-state index in [-0.39, 0.29) is 4.90 Å². The van der Waals surface area contributed by atoms with Crippen molar-refractivity contribution in [1.29, 1.82) is 0 Å². The first-order valence-corrected chi connectivity index (χ1v) is 8.71.